The molecule has 9 heteroatoms. The van der Waals surface area contributed by atoms with Gasteiger partial charge >= 0.3 is 5.97 Å². The lowest BCUT2D eigenvalue weighted by atomic mass is 9.99. The first kappa shape index (κ1) is 22.2. The molecule has 1 amide bonds. The van der Waals surface area contributed by atoms with Crippen LogP contribution in [-0.4, -0.2) is 58.0 Å². The minimum absolute atomic E-state index is 0.0822. The number of nitrogens with zero attached hydrogens (tertiary/aromatic N) is 1. The average molecular weight is 413 g/mol. The summed E-state index contributed by atoms with van der Waals surface area (Å²) in [4.78, 5) is 25.6. The molecular formula is C19H28N2O6S. The standard InChI is InChI=1S/C19H28N2O6S/c1-3-26-16-4-6-17(7-5-16)28(24,25)20-11-8-19(23)27-14-18(22)21-12-9-15(2)10-13-21/h4-7,15,20H,3,8-14H2,1-2H3. The normalized spacial score (nSPS) is 15.3. The van der Waals surface area contributed by atoms with E-state index in [1.807, 2.05) is 6.92 Å². The molecular weight excluding hydrogens is 384 g/mol. The van der Waals surface area contributed by atoms with Crippen LogP contribution in [0.15, 0.2) is 29.2 Å². The van der Waals surface area contributed by atoms with Crippen LogP contribution >= 0.6 is 0 Å². The molecule has 1 N–H and O–H groups in total. The fourth-order valence-corrected chi connectivity index (χ4v) is 3.85. The number of amides is 1. The summed E-state index contributed by atoms with van der Waals surface area (Å²) in [5, 5.41) is 0. The van der Waals surface area contributed by atoms with Gasteiger partial charge in [0.15, 0.2) is 6.61 Å². The zero-order valence-electron chi connectivity index (χ0n) is 16.3. The SMILES string of the molecule is CCOc1ccc(S(=O)(=O)NCCC(=O)OCC(=O)N2CCC(C)CC2)cc1. The zero-order chi connectivity index (χ0) is 20.6. The van der Waals surface area contributed by atoms with Crippen molar-refractivity contribution in [2.75, 3.05) is 32.8 Å². The van der Waals surface area contributed by atoms with E-state index in [0.29, 0.717) is 31.4 Å². The average Bonchev–Trinajstić information content (AvgIpc) is 2.67. The Labute approximate surface area is 166 Å². The van der Waals surface area contributed by atoms with Crippen LogP contribution in [-0.2, 0) is 24.3 Å². The van der Waals surface area contributed by atoms with Crippen LogP contribution in [0.5, 0.6) is 5.75 Å². The number of hydrogen-bond acceptors (Lipinski definition) is 6. The number of hydrogen-bond donors (Lipinski definition) is 1. The van der Waals surface area contributed by atoms with E-state index in [0.717, 1.165) is 12.8 Å². The van der Waals surface area contributed by atoms with Crippen molar-refractivity contribution < 1.29 is 27.5 Å². The van der Waals surface area contributed by atoms with E-state index in [9.17, 15) is 18.0 Å². The molecule has 0 bridgehead atoms. The summed E-state index contributed by atoms with van der Waals surface area (Å²) in [6.07, 6.45) is 1.75. The Hall–Kier alpha value is -2.13. The second-order valence-electron chi connectivity index (χ2n) is 6.78. The lowest BCUT2D eigenvalue weighted by Crippen LogP contribution is -2.40. The molecule has 1 aliphatic rings. The van der Waals surface area contributed by atoms with Crippen LogP contribution in [0.1, 0.15) is 33.1 Å². The fourth-order valence-electron chi connectivity index (χ4n) is 2.82. The molecule has 2 rings (SSSR count). The Morgan fingerprint density at radius 2 is 1.82 bits per heavy atom. The summed E-state index contributed by atoms with van der Waals surface area (Å²) >= 11 is 0. The van der Waals surface area contributed by atoms with Gasteiger partial charge in [-0.1, -0.05) is 6.92 Å². The highest BCUT2D eigenvalue weighted by atomic mass is 32.2. The van der Waals surface area contributed by atoms with Crippen molar-refractivity contribution in [3.63, 3.8) is 0 Å². The third-order valence-corrected chi connectivity index (χ3v) is 6.04. The van der Waals surface area contributed by atoms with Crippen LogP contribution in [0.25, 0.3) is 0 Å². The highest BCUT2D eigenvalue weighted by Crippen LogP contribution is 2.16. The number of sulfonamides is 1. The molecule has 1 aliphatic heterocycles. The van der Waals surface area contributed by atoms with Crippen LogP contribution in [0.2, 0.25) is 0 Å². The van der Waals surface area contributed by atoms with E-state index in [2.05, 4.69) is 11.6 Å². The maximum Gasteiger partial charge on any atom is 0.307 e. The third-order valence-electron chi connectivity index (χ3n) is 4.56. The number of nitrogens with one attached hydrogen (secondary N) is 1. The smallest absolute Gasteiger partial charge is 0.307 e. The molecule has 0 unspecified atom stereocenters. The molecule has 156 valence electrons. The first-order valence-corrected chi connectivity index (χ1v) is 11.0. The minimum Gasteiger partial charge on any atom is -0.494 e. The van der Waals surface area contributed by atoms with Gasteiger partial charge in [-0.3, -0.25) is 9.59 Å². The Kier molecular flexibility index (Phi) is 8.25. The number of piperidine rings is 1. The predicted octanol–water partition coefficient (Wildman–Crippen LogP) is 1.56. The van der Waals surface area contributed by atoms with Gasteiger partial charge in [-0.05, 0) is 49.9 Å². The van der Waals surface area contributed by atoms with Gasteiger partial charge in [0.2, 0.25) is 10.0 Å². The number of carbonyl (C=O) groups excluding carboxylic acids is 2. The molecule has 1 saturated heterocycles. The van der Waals surface area contributed by atoms with Gasteiger partial charge in [0.25, 0.3) is 5.91 Å². The molecule has 1 fully saturated rings. The van der Waals surface area contributed by atoms with Crippen molar-refractivity contribution in [3.8, 4) is 5.75 Å². The maximum atomic E-state index is 12.2. The number of likely N-dealkylation sites (tertiary alicyclic amines) is 1. The summed E-state index contributed by atoms with van der Waals surface area (Å²) in [6, 6.07) is 6.01. The number of ether oxygens (including phenoxy) is 2. The van der Waals surface area contributed by atoms with E-state index in [4.69, 9.17) is 9.47 Å². The van der Waals surface area contributed by atoms with Gasteiger partial charge in [0.05, 0.1) is 17.9 Å². The number of carbonyl (C=O) groups is 2. The Morgan fingerprint density at radius 3 is 2.43 bits per heavy atom. The van der Waals surface area contributed by atoms with Crippen molar-refractivity contribution in [1.82, 2.24) is 9.62 Å². The van der Waals surface area contributed by atoms with Gasteiger partial charge in [-0.2, -0.15) is 0 Å². The van der Waals surface area contributed by atoms with E-state index in [1.165, 1.54) is 12.1 Å². The monoisotopic (exact) mass is 412 g/mol. The van der Waals surface area contributed by atoms with Crippen molar-refractivity contribution >= 4 is 21.9 Å². The number of esters is 1. The third kappa shape index (κ3) is 6.79. The van der Waals surface area contributed by atoms with Gasteiger partial charge in [0.1, 0.15) is 5.75 Å². The molecule has 0 spiro atoms. The molecule has 1 heterocycles. The molecule has 1 aromatic carbocycles. The second-order valence-corrected chi connectivity index (χ2v) is 8.54. The van der Waals surface area contributed by atoms with Crippen molar-refractivity contribution in [2.24, 2.45) is 5.92 Å². The molecule has 8 nitrogen and oxygen atoms in total. The summed E-state index contributed by atoms with van der Waals surface area (Å²) in [5.74, 6) is 0.358. The molecule has 28 heavy (non-hydrogen) atoms. The maximum absolute atomic E-state index is 12.2. The molecule has 0 radical (unpaired) electrons. The van der Waals surface area contributed by atoms with Crippen LogP contribution in [0, 0.1) is 5.92 Å². The van der Waals surface area contributed by atoms with Crippen molar-refractivity contribution in [3.05, 3.63) is 24.3 Å². The predicted molar refractivity (Wildman–Crippen MR) is 103 cm³/mol. The number of rotatable bonds is 9. The summed E-state index contributed by atoms with van der Waals surface area (Å²) in [5.41, 5.74) is 0. The molecule has 1 aromatic rings. The molecule has 0 aliphatic carbocycles. The zero-order valence-corrected chi connectivity index (χ0v) is 17.2. The number of benzene rings is 1. The highest BCUT2D eigenvalue weighted by Gasteiger charge is 2.21. The first-order chi connectivity index (χ1) is 13.3. The van der Waals surface area contributed by atoms with E-state index in [1.54, 1.807) is 17.0 Å². The Balaban J connectivity index is 1.71. The van der Waals surface area contributed by atoms with Gasteiger partial charge in [-0.25, -0.2) is 13.1 Å². The lowest BCUT2D eigenvalue weighted by Gasteiger charge is -2.30. The van der Waals surface area contributed by atoms with Crippen molar-refractivity contribution in [2.45, 2.75) is 38.0 Å². The van der Waals surface area contributed by atoms with E-state index < -0.39 is 16.0 Å². The fraction of sp³-hybridized carbons (Fsp3) is 0.579. The van der Waals surface area contributed by atoms with Crippen LogP contribution < -0.4 is 9.46 Å². The largest absolute Gasteiger partial charge is 0.494 e. The van der Waals surface area contributed by atoms with Crippen molar-refractivity contribution in [1.29, 1.82) is 0 Å². The Bertz CT molecular complexity index is 755. The summed E-state index contributed by atoms with van der Waals surface area (Å²) in [7, 11) is -3.73. The summed E-state index contributed by atoms with van der Waals surface area (Å²) in [6.45, 7) is 5.43. The first-order valence-electron chi connectivity index (χ1n) is 9.47. The van der Waals surface area contributed by atoms with Gasteiger partial charge in [0, 0.05) is 19.6 Å². The molecule has 0 aromatic heterocycles. The molecule has 0 saturated carbocycles. The van der Waals surface area contributed by atoms with Gasteiger partial charge in [-0.15, -0.1) is 0 Å². The van der Waals surface area contributed by atoms with Crippen LogP contribution in [0.3, 0.4) is 0 Å². The van der Waals surface area contributed by atoms with E-state index in [-0.39, 0.29) is 30.4 Å². The van der Waals surface area contributed by atoms with Crippen LogP contribution in [0.4, 0.5) is 0 Å². The second kappa shape index (κ2) is 10.4. The quantitative estimate of drug-likeness (QED) is 0.618. The highest BCUT2D eigenvalue weighted by molar-refractivity contribution is 7.89. The van der Waals surface area contributed by atoms with E-state index >= 15 is 0 Å². The molecule has 0 atom stereocenters. The topological polar surface area (TPSA) is 102 Å². The lowest BCUT2D eigenvalue weighted by molar-refractivity contribution is -0.152. The Morgan fingerprint density at radius 1 is 1.18 bits per heavy atom. The van der Waals surface area contributed by atoms with Gasteiger partial charge < -0.3 is 14.4 Å². The summed E-state index contributed by atoms with van der Waals surface area (Å²) < 4.78 is 37.0. The minimum atomic E-state index is -3.73.